The molecule has 2 aromatic carbocycles. The highest BCUT2D eigenvalue weighted by Gasteiger charge is 2.27. The fraction of sp³-hybridized carbons (Fsp3) is 0.480. The number of likely N-dealkylation sites (N-methyl/N-ethyl adjacent to an activating group) is 1. The fourth-order valence-electron chi connectivity index (χ4n) is 4.55. The van der Waals surface area contributed by atoms with Gasteiger partial charge in [-0.3, -0.25) is 4.79 Å². The molecule has 0 bridgehead atoms. The predicted octanol–water partition coefficient (Wildman–Crippen LogP) is 3.38. The van der Waals surface area contributed by atoms with Gasteiger partial charge in [0.25, 0.3) is 5.91 Å². The van der Waals surface area contributed by atoms with E-state index in [0.717, 1.165) is 67.9 Å². The molecule has 1 amide bonds. The van der Waals surface area contributed by atoms with Gasteiger partial charge in [0.15, 0.2) is 0 Å². The van der Waals surface area contributed by atoms with E-state index in [4.69, 9.17) is 4.74 Å². The van der Waals surface area contributed by atoms with Crippen molar-refractivity contribution in [2.45, 2.75) is 37.8 Å². The van der Waals surface area contributed by atoms with E-state index in [1.807, 2.05) is 18.2 Å². The van der Waals surface area contributed by atoms with Crippen LogP contribution in [0.1, 0.15) is 35.2 Å². The Morgan fingerprint density at radius 2 is 2.06 bits per heavy atom. The molecule has 31 heavy (non-hydrogen) atoms. The van der Waals surface area contributed by atoms with Gasteiger partial charge >= 0.3 is 0 Å². The Kier molecular flexibility index (Phi) is 6.66. The molecule has 0 spiro atoms. The third-order valence-corrected chi connectivity index (χ3v) is 6.43. The van der Waals surface area contributed by atoms with Crippen molar-refractivity contribution in [2.24, 2.45) is 0 Å². The van der Waals surface area contributed by atoms with Crippen molar-refractivity contribution in [3.05, 3.63) is 53.6 Å². The van der Waals surface area contributed by atoms with Gasteiger partial charge in [-0.2, -0.15) is 0 Å². The summed E-state index contributed by atoms with van der Waals surface area (Å²) in [5.41, 5.74) is 4.20. The first-order chi connectivity index (χ1) is 15.0. The minimum atomic E-state index is 0.0209. The zero-order valence-electron chi connectivity index (χ0n) is 18.9. The summed E-state index contributed by atoms with van der Waals surface area (Å²) >= 11 is 0. The Labute approximate surface area is 185 Å². The second-order valence-electron chi connectivity index (χ2n) is 8.90. The van der Waals surface area contributed by atoms with E-state index in [2.05, 4.69) is 65.8 Å². The zero-order valence-corrected chi connectivity index (χ0v) is 18.9. The van der Waals surface area contributed by atoms with E-state index in [1.165, 1.54) is 5.69 Å². The van der Waals surface area contributed by atoms with Gasteiger partial charge in [0.2, 0.25) is 0 Å². The highest BCUT2D eigenvalue weighted by molar-refractivity contribution is 5.94. The highest BCUT2D eigenvalue weighted by Crippen LogP contribution is 2.27. The minimum Gasteiger partial charge on any atom is -0.493 e. The van der Waals surface area contributed by atoms with Crippen LogP contribution >= 0.6 is 0 Å². The molecule has 2 heterocycles. The Morgan fingerprint density at radius 3 is 2.90 bits per heavy atom. The lowest BCUT2D eigenvalue weighted by atomic mass is 9.96. The smallest absolute Gasteiger partial charge is 0.251 e. The summed E-state index contributed by atoms with van der Waals surface area (Å²) < 4.78 is 5.67. The van der Waals surface area contributed by atoms with E-state index in [1.54, 1.807) is 0 Å². The molecule has 2 aliphatic rings. The number of hydrogen-bond acceptors (Lipinski definition) is 5. The largest absolute Gasteiger partial charge is 0.493 e. The number of amides is 1. The van der Waals surface area contributed by atoms with Gasteiger partial charge in [0, 0.05) is 44.8 Å². The maximum Gasteiger partial charge on any atom is 0.251 e. The molecule has 1 saturated heterocycles. The van der Waals surface area contributed by atoms with Crippen molar-refractivity contribution in [2.75, 3.05) is 51.1 Å². The van der Waals surface area contributed by atoms with Crippen molar-refractivity contribution in [3.8, 4) is 5.75 Å². The van der Waals surface area contributed by atoms with Gasteiger partial charge in [-0.1, -0.05) is 12.1 Å². The van der Waals surface area contributed by atoms with Crippen molar-refractivity contribution in [1.29, 1.82) is 0 Å². The van der Waals surface area contributed by atoms with Crippen molar-refractivity contribution in [3.63, 3.8) is 0 Å². The van der Waals surface area contributed by atoms with Crippen LogP contribution in [0.2, 0.25) is 0 Å². The number of likely N-dealkylation sites (tertiary alicyclic amines) is 1. The van der Waals surface area contributed by atoms with Gasteiger partial charge in [0.05, 0.1) is 18.0 Å². The second-order valence-corrected chi connectivity index (χ2v) is 8.90. The van der Waals surface area contributed by atoms with Gasteiger partial charge < -0.3 is 25.2 Å². The SMILES string of the molecule is CN(C)c1ccccc1NC[C@H]1C[C@H](NC(=O)c2ccc3c(c2)CCCO3)CCN1C. The normalized spacial score (nSPS) is 21.0. The maximum absolute atomic E-state index is 12.9. The van der Waals surface area contributed by atoms with Gasteiger partial charge in [-0.05, 0) is 68.6 Å². The first-order valence-electron chi connectivity index (χ1n) is 11.3. The minimum absolute atomic E-state index is 0.0209. The molecular formula is C25H34N4O2. The Bertz CT molecular complexity index is 914. The Morgan fingerprint density at radius 1 is 1.23 bits per heavy atom. The summed E-state index contributed by atoms with van der Waals surface area (Å²) in [6, 6.07) is 14.7. The average Bonchev–Trinajstić information content (AvgIpc) is 2.79. The number of aryl methyl sites for hydroxylation is 1. The number of para-hydroxylation sites is 2. The van der Waals surface area contributed by atoms with Gasteiger partial charge in [-0.25, -0.2) is 0 Å². The molecule has 4 rings (SSSR count). The first-order valence-corrected chi connectivity index (χ1v) is 11.3. The molecule has 0 radical (unpaired) electrons. The molecule has 0 aromatic heterocycles. The fourth-order valence-corrected chi connectivity index (χ4v) is 4.55. The van der Waals surface area contributed by atoms with Crippen LogP contribution in [0.15, 0.2) is 42.5 Å². The lowest BCUT2D eigenvalue weighted by molar-refractivity contribution is 0.0894. The summed E-state index contributed by atoms with van der Waals surface area (Å²) in [5, 5.41) is 6.90. The number of carbonyl (C=O) groups is 1. The second kappa shape index (κ2) is 9.60. The topological polar surface area (TPSA) is 56.8 Å². The van der Waals surface area contributed by atoms with Crippen LogP contribution in [-0.2, 0) is 6.42 Å². The van der Waals surface area contributed by atoms with Crippen LogP contribution in [0, 0.1) is 0 Å². The Hall–Kier alpha value is -2.73. The molecule has 1 fully saturated rings. The van der Waals surface area contributed by atoms with Gasteiger partial charge in [-0.15, -0.1) is 0 Å². The molecule has 2 aromatic rings. The molecule has 166 valence electrons. The third-order valence-electron chi connectivity index (χ3n) is 6.43. The van der Waals surface area contributed by atoms with Crippen molar-refractivity contribution < 1.29 is 9.53 Å². The standard InChI is InChI=1S/C25H34N4O2/c1-28(2)23-9-5-4-8-22(23)26-17-21-16-20(12-13-29(21)3)27-25(30)19-10-11-24-18(15-19)7-6-14-31-24/h4-5,8-11,15,20-21,26H,6-7,12-14,16-17H2,1-3H3,(H,27,30)/t20-,21-/m1/s1. The van der Waals surface area contributed by atoms with Crippen LogP contribution in [0.4, 0.5) is 11.4 Å². The molecule has 2 atom stereocenters. The number of carbonyl (C=O) groups excluding carboxylic acids is 1. The molecule has 0 saturated carbocycles. The number of nitrogens with zero attached hydrogens (tertiary/aromatic N) is 2. The number of rotatable bonds is 6. The van der Waals surface area contributed by atoms with E-state index >= 15 is 0 Å². The van der Waals surface area contributed by atoms with E-state index < -0.39 is 0 Å². The van der Waals surface area contributed by atoms with Crippen LogP contribution < -0.4 is 20.3 Å². The number of fused-ring (bicyclic) bond motifs is 1. The lowest BCUT2D eigenvalue weighted by Crippen LogP contribution is -2.50. The number of nitrogens with one attached hydrogen (secondary N) is 2. The maximum atomic E-state index is 12.9. The summed E-state index contributed by atoms with van der Waals surface area (Å²) in [6.07, 6.45) is 3.90. The van der Waals surface area contributed by atoms with Crippen molar-refractivity contribution >= 4 is 17.3 Å². The molecule has 2 aliphatic heterocycles. The monoisotopic (exact) mass is 422 g/mol. The number of benzene rings is 2. The molecule has 6 heteroatoms. The summed E-state index contributed by atoms with van der Waals surface area (Å²) in [6.45, 7) is 2.59. The molecule has 2 N–H and O–H groups in total. The number of ether oxygens (including phenoxy) is 1. The van der Waals surface area contributed by atoms with Crippen LogP contribution in [-0.4, -0.2) is 63.7 Å². The summed E-state index contributed by atoms with van der Waals surface area (Å²) in [5.74, 6) is 0.943. The Balaban J connectivity index is 1.36. The van der Waals surface area contributed by atoms with Crippen LogP contribution in [0.25, 0.3) is 0 Å². The molecule has 0 unspecified atom stereocenters. The lowest BCUT2D eigenvalue weighted by Gasteiger charge is -2.38. The van der Waals surface area contributed by atoms with Crippen LogP contribution in [0.5, 0.6) is 5.75 Å². The van der Waals surface area contributed by atoms with Gasteiger partial charge in [0.1, 0.15) is 5.75 Å². The molecule has 6 nitrogen and oxygen atoms in total. The average molecular weight is 423 g/mol. The van der Waals surface area contributed by atoms with Crippen molar-refractivity contribution in [1.82, 2.24) is 10.2 Å². The molecule has 0 aliphatic carbocycles. The quantitative estimate of drug-likeness (QED) is 0.748. The summed E-state index contributed by atoms with van der Waals surface area (Å²) in [4.78, 5) is 17.4. The first kappa shape index (κ1) is 21.5. The van der Waals surface area contributed by atoms with Crippen LogP contribution in [0.3, 0.4) is 0 Å². The summed E-state index contributed by atoms with van der Waals surface area (Å²) in [7, 11) is 6.29. The third kappa shape index (κ3) is 5.13. The highest BCUT2D eigenvalue weighted by atomic mass is 16.5. The number of piperidine rings is 1. The number of anilines is 2. The number of hydrogen-bond donors (Lipinski definition) is 2. The predicted molar refractivity (Wildman–Crippen MR) is 126 cm³/mol. The van der Waals surface area contributed by atoms with E-state index in [-0.39, 0.29) is 11.9 Å². The molecular weight excluding hydrogens is 388 g/mol. The van der Waals surface area contributed by atoms with E-state index in [9.17, 15) is 4.79 Å². The zero-order chi connectivity index (χ0) is 21.8. The van der Waals surface area contributed by atoms with E-state index in [0.29, 0.717) is 6.04 Å².